The van der Waals surface area contributed by atoms with Gasteiger partial charge in [-0.25, -0.2) is 14.8 Å². The summed E-state index contributed by atoms with van der Waals surface area (Å²) in [6.07, 6.45) is 3.51. The largest absolute Gasteiger partial charge is 0.494 e. The van der Waals surface area contributed by atoms with Gasteiger partial charge in [0, 0.05) is 24.8 Å². The molecular weight excluding hydrogens is 294 g/mol. The molecule has 23 heavy (non-hydrogen) atoms. The first-order chi connectivity index (χ1) is 11.2. The fourth-order valence-corrected chi connectivity index (χ4v) is 2.70. The van der Waals surface area contributed by atoms with Gasteiger partial charge in [0.2, 0.25) is 0 Å². The van der Waals surface area contributed by atoms with Gasteiger partial charge in [0.1, 0.15) is 17.1 Å². The molecule has 3 rings (SSSR count). The summed E-state index contributed by atoms with van der Waals surface area (Å²) in [5.41, 5.74) is 0.993. The molecular formula is C17H19N3O3. The molecule has 0 saturated carbocycles. The monoisotopic (exact) mass is 313 g/mol. The third-order valence-electron chi connectivity index (χ3n) is 3.83. The highest BCUT2D eigenvalue weighted by Gasteiger charge is 2.22. The summed E-state index contributed by atoms with van der Waals surface area (Å²) in [5, 5.41) is 9.36. The van der Waals surface area contributed by atoms with E-state index in [1.54, 1.807) is 0 Å². The van der Waals surface area contributed by atoms with Gasteiger partial charge in [-0.05, 0) is 44.0 Å². The van der Waals surface area contributed by atoms with Crippen molar-refractivity contribution in [1.29, 1.82) is 0 Å². The molecule has 0 amide bonds. The average molecular weight is 313 g/mol. The van der Waals surface area contributed by atoms with Crippen LogP contribution >= 0.6 is 0 Å². The number of aromatic carboxylic acids is 1. The number of carbonyl (C=O) groups is 1. The normalized spacial score (nSPS) is 14.0. The van der Waals surface area contributed by atoms with Crippen LogP contribution < -0.4 is 9.64 Å². The highest BCUT2D eigenvalue weighted by Crippen LogP contribution is 2.26. The van der Waals surface area contributed by atoms with Crippen molar-refractivity contribution < 1.29 is 14.6 Å². The molecule has 2 heterocycles. The number of carboxylic acid groups (broad SMARTS) is 1. The van der Waals surface area contributed by atoms with Gasteiger partial charge >= 0.3 is 5.97 Å². The quantitative estimate of drug-likeness (QED) is 0.915. The molecule has 1 saturated heterocycles. The summed E-state index contributed by atoms with van der Waals surface area (Å²) in [4.78, 5) is 22.2. The van der Waals surface area contributed by atoms with Crippen LogP contribution in [0.25, 0.3) is 11.4 Å². The van der Waals surface area contributed by atoms with Crippen LogP contribution in [0.2, 0.25) is 0 Å². The van der Waals surface area contributed by atoms with E-state index < -0.39 is 5.97 Å². The first-order valence-electron chi connectivity index (χ1n) is 7.77. The lowest BCUT2D eigenvalue weighted by Gasteiger charge is -2.19. The van der Waals surface area contributed by atoms with Gasteiger partial charge in [0.05, 0.1) is 6.61 Å². The van der Waals surface area contributed by atoms with Crippen molar-refractivity contribution in [1.82, 2.24) is 9.97 Å². The molecule has 1 fully saturated rings. The van der Waals surface area contributed by atoms with Gasteiger partial charge in [-0.15, -0.1) is 0 Å². The van der Waals surface area contributed by atoms with Crippen LogP contribution in [0.1, 0.15) is 30.1 Å². The second kappa shape index (κ2) is 6.64. The fraction of sp³-hybridized carbons (Fsp3) is 0.353. The number of hydrogen-bond donors (Lipinski definition) is 1. The van der Waals surface area contributed by atoms with Crippen molar-refractivity contribution >= 4 is 11.8 Å². The molecule has 1 aromatic carbocycles. The van der Waals surface area contributed by atoms with Gasteiger partial charge in [-0.2, -0.15) is 0 Å². The second-order valence-corrected chi connectivity index (χ2v) is 5.39. The van der Waals surface area contributed by atoms with Gasteiger partial charge < -0.3 is 14.7 Å². The zero-order valence-corrected chi connectivity index (χ0v) is 13.0. The Kier molecular flexibility index (Phi) is 4.41. The summed E-state index contributed by atoms with van der Waals surface area (Å²) >= 11 is 0. The van der Waals surface area contributed by atoms with Crippen molar-refractivity contribution in [3.8, 4) is 17.1 Å². The number of ether oxygens (including phenoxy) is 1. The van der Waals surface area contributed by atoms with Crippen molar-refractivity contribution in [3.63, 3.8) is 0 Å². The SMILES string of the molecule is CCOc1ccc(-c2ncc(C(=O)O)c(N3CCCC3)n2)cc1. The predicted molar refractivity (Wildman–Crippen MR) is 87.0 cm³/mol. The molecule has 120 valence electrons. The zero-order valence-electron chi connectivity index (χ0n) is 13.0. The molecule has 0 atom stereocenters. The number of carboxylic acids is 1. The summed E-state index contributed by atoms with van der Waals surface area (Å²) in [6, 6.07) is 7.49. The van der Waals surface area contributed by atoms with Crippen LogP contribution in [-0.2, 0) is 0 Å². The van der Waals surface area contributed by atoms with Crippen LogP contribution in [0, 0.1) is 0 Å². The summed E-state index contributed by atoms with van der Waals surface area (Å²) in [5.74, 6) is 0.831. The Labute approximate surface area is 134 Å². The van der Waals surface area contributed by atoms with Crippen molar-refractivity contribution in [3.05, 3.63) is 36.0 Å². The topological polar surface area (TPSA) is 75.6 Å². The van der Waals surface area contributed by atoms with Crippen LogP contribution in [0.3, 0.4) is 0 Å². The van der Waals surface area contributed by atoms with Crippen LogP contribution in [0.15, 0.2) is 30.5 Å². The maximum Gasteiger partial charge on any atom is 0.341 e. The maximum absolute atomic E-state index is 11.4. The van der Waals surface area contributed by atoms with E-state index >= 15 is 0 Å². The average Bonchev–Trinajstić information content (AvgIpc) is 3.09. The number of anilines is 1. The Morgan fingerprint density at radius 2 is 1.96 bits per heavy atom. The smallest absolute Gasteiger partial charge is 0.341 e. The highest BCUT2D eigenvalue weighted by molar-refractivity contribution is 5.93. The maximum atomic E-state index is 11.4. The number of benzene rings is 1. The van der Waals surface area contributed by atoms with Crippen molar-refractivity contribution in [2.75, 3.05) is 24.6 Å². The van der Waals surface area contributed by atoms with Gasteiger partial charge in [0.25, 0.3) is 0 Å². The fourth-order valence-electron chi connectivity index (χ4n) is 2.70. The third kappa shape index (κ3) is 3.26. The minimum atomic E-state index is -0.995. The first-order valence-corrected chi connectivity index (χ1v) is 7.77. The Bertz CT molecular complexity index is 695. The van der Waals surface area contributed by atoms with E-state index in [1.165, 1.54) is 6.20 Å². The van der Waals surface area contributed by atoms with E-state index in [9.17, 15) is 9.90 Å². The number of aromatic nitrogens is 2. The Hall–Kier alpha value is -2.63. The number of nitrogens with zero attached hydrogens (tertiary/aromatic N) is 3. The minimum Gasteiger partial charge on any atom is -0.494 e. The highest BCUT2D eigenvalue weighted by atomic mass is 16.5. The van der Waals surface area contributed by atoms with Crippen LogP contribution in [-0.4, -0.2) is 40.7 Å². The van der Waals surface area contributed by atoms with Gasteiger partial charge in [0.15, 0.2) is 5.82 Å². The first kappa shape index (κ1) is 15.3. The van der Waals surface area contributed by atoms with E-state index in [-0.39, 0.29) is 5.56 Å². The van der Waals surface area contributed by atoms with E-state index in [2.05, 4.69) is 9.97 Å². The Morgan fingerprint density at radius 1 is 1.26 bits per heavy atom. The lowest BCUT2D eigenvalue weighted by molar-refractivity contribution is 0.0696. The molecule has 6 nitrogen and oxygen atoms in total. The standard InChI is InChI=1S/C17H19N3O3/c1-2-23-13-7-5-12(6-8-13)15-18-11-14(17(21)22)16(19-15)20-9-3-4-10-20/h5-8,11H,2-4,9-10H2,1H3,(H,21,22). The lowest BCUT2D eigenvalue weighted by Crippen LogP contribution is -2.22. The Balaban J connectivity index is 1.96. The molecule has 1 aliphatic heterocycles. The van der Waals surface area contributed by atoms with Crippen LogP contribution in [0.5, 0.6) is 5.75 Å². The van der Waals surface area contributed by atoms with Crippen LogP contribution in [0.4, 0.5) is 5.82 Å². The third-order valence-corrected chi connectivity index (χ3v) is 3.83. The summed E-state index contributed by atoms with van der Waals surface area (Å²) in [7, 11) is 0. The molecule has 1 aromatic heterocycles. The molecule has 1 aliphatic rings. The van der Waals surface area contributed by atoms with Crippen molar-refractivity contribution in [2.45, 2.75) is 19.8 Å². The second-order valence-electron chi connectivity index (χ2n) is 5.39. The number of hydrogen-bond acceptors (Lipinski definition) is 5. The molecule has 0 unspecified atom stereocenters. The van der Waals surface area contributed by atoms with E-state index in [0.717, 1.165) is 37.2 Å². The van der Waals surface area contributed by atoms with E-state index in [0.29, 0.717) is 18.2 Å². The van der Waals surface area contributed by atoms with Crippen molar-refractivity contribution in [2.24, 2.45) is 0 Å². The molecule has 6 heteroatoms. The van der Waals surface area contributed by atoms with E-state index in [1.807, 2.05) is 36.1 Å². The molecule has 2 aromatic rings. The van der Waals surface area contributed by atoms with E-state index in [4.69, 9.17) is 4.74 Å². The summed E-state index contributed by atoms with van der Waals surface area (Å²) < 4.78 is 5.43. The molecule has 0 spiro atoms. The molecule has 0 bridgehead atoms. The molecule has 1 N–H and O–H groups in total. The van der Waals surface area contributed by atoms with Gasteiger partial charge in [-0.3, -0.25) is 0 Å². The Morgan fingerprint density at radius 3 is 2.57 bits per heavy atom. The number of rotatable bonds is 5. The minimum absolute atomic E-state index is 0.154. The lowest BCUT2D eigenvalue weighted by atomic mass is 10.2. The zero-order chi connectivity index (χ0) is 16.2. The summed E-state index contributed by atoms with van der Waals surface area (Å²) in [6.45, 7) is 4.21. The molecule has 0 radical (unpaired) electrons. The predicted octanol–water partition coefficient (Wildman–Crippen LogP) is 2.84. The molecule has 0 aliphatic carbocycles. The van der Waals surface area contributed by atoms with Gasteiger partial charge in [-0.1, -0.05) is 0 Å².